The minimum absolute atomic E-state index is 0.586. The third-order valence-electron chi connectivity index (χ3n) is 12.0. The molecule has 0 fully saturated rings. The van der Waals surface area contributed by atoms with Gasteiger partial charge in [-0.2, -0.15) is 0 Å². The van der Waals surface area contributed by atoms with Crippen LogP contribution < -0.4 is 4.90 Å². The van der Waals surface area contributed by atoms with Crippen LogP contribution in [0.5, 0.6) is 0 Å². The van der Waals surface area contributed by atoms with Crippen LogP contribution in [0.2, 0.25) is 0 Å². The monoisotopic (exact) mass is 779 g/mol. The van der Waals surface area contributed by atoms with Crippen LogP contribution in [-0.2, 0) is 0 Å². The van der Waals surface area contributed by atoms with Gasteiger partial charge in [0, 0.05) is 33.1 Å². The maximum Gasteiger partial charge on any atom is 0.227 e. The predicted molar refractivity (Wildman–Crippen MR) is 254 cm³/mol. The van der Waals surface area contributed by atoms with Crippen molar-refractivity contribution in [3.63, 3.8) is 0 Å². The van der Waals surface area contributed by atoms with E-state index in [2.05, 4.69) is 228 Å². The number of hydrogen-bond acceptors (Lipinski definition) is 3. The second kappa shape index (κ2) is 14.3. The lowest BCUT2D eigenvalue weighted by atomic mass is 9.94. The molecule has 0 spiro atoms. The van der Waals surface area contributed by atoms with Crippen molar-refractivity contribution in [2.45, 2.75) is 0 Å². The summed E-state index contributed by atoms with van der Waals surface area (Å²) in [7, 11) is 0. The molecule has 0 amide bonds. The van der Waals surface area contributed by atoms with E-state index in [0.717, 1.165) is 66.8 Å². The average molecular weight is 780 g/mol. The van der Waals surface area contributed by atoms with Gasteiger partial charge in [0.1, 0.15) is 5.52 Å². The molecule has 0 N–H and O–H groups in total. The molecule has 4 heteroatoms. The van der Waals surface area contributed by atoms with E-state index in [1.165, 1.54) is 32.7 Å². The van der Waals surface area contributed by atoms with E-state index in [4.69, 9.17) is 9.40 Å². The Morgan fingerprint density at radius 3 is 1.90 bits per heavy atom. The second-order valence-electron chi connectivity index (χ2n) is 15.5. The Morgan fingerprint density at radius 1 is 0.410 bits per heavy atom. The molecule has 0 saturated heterocycles. The minimum Gasteiger partial charge on any atom is -0.434 e. The van der Waals surface area contributed by atoms with Gasteiger partial charge in [0.15, 0.2) is 5.58 Å². The van der Waals surface area contributed by atoms with Crippen LogP contribution in [0.15, 0.2) is 229 Å². The molecular formula is C57H37N3O. The van der Waals surface area contributed by atoms with E-state index in [9.17, 15) is 0 Å². The number of rotatable bonds is 7. The standard InChI is InChI=1S/C57H37N3O/c1-3-18-39(19-4-1)45-25-9-10-26-46(45)41-21-15-24-44(36-41)60(52-32-16-30-50-56(52)61-57(58-50)42-34-33-38-17-7-8-20-40(38)35-42)53-37-54-55(48-28-12-11-27-47(48)53)49-29-13-14-31-51(49)59(54)43-22-5-2-6-23-43/h1-37H. The SMILES string of the molecule is c1ccc(-c2ccccc2-c2cccc(N(c3cc4c(c5ccccc35)c3ccccc3n4-c3ccccc3)c3cccc4nc(-c5ccc6ccccc6c5)oc34)c2)cc1. The molecule has 2 aromatic heterocycles. The van der Waals surface area contributed by atoms with Crippen molar-refractivity contribution in [3.8, 4) is 39.4 Å². The highest BCUT2D eigenvalue weighted by atomic mass is 16.3. The van der Waals surface area contributed by atoms with Gasteiger partial charge in [-0.3, -0.25) is 0 Å². The highest BCUT2D eigenvalue weighted by Gasteiger charge is 2.25. The number of nitrogens with zero attached hydrogens (tertiary/aromatic N) is 3. The number of fused-ring (bicyclic) bond motifs is 7. The van der Waals surface area contributed by atoms with Crippen LogP contribution in [0.1, 0.15) is 0 Å². The van der Waals surface area contributed by atoms with Crippen LogP contribution in [0.3, 0.4) is 0 Å². The van der Waals surface area contributed by atoms with E-state index in [1.54, 1.807) is 0 Å². The first-order chi connectivity index (χ1) is 30.3. The number of para-hydroxylation sites is 3. The van der Waals surface area contributed by atoms with Crippen LogP contribution in [0, 0.1) is 0 Å². The van der Waals surface area contributed by atoms with Gasteiger partial charge in [-0.1, -0.05) is 164 Å². The van der Waals surface area contributed by atoms with Crippen LogP contribution in [0.25, 0.3) is 93.8 Å². The molecule has 0 aliphatic heterocycles. The van der Waals surface area contributed by atoms with Crippen molar-refractivity contribution < 1.29 is 4.42 Å². The summed E-state index contributed by atoms with van der Waals surface area (Å²) in [5.74, 6) is 0.586. The summed E-state index contributed by atoms with van der Waals surface area (Å²) in [6.45, 7) is 0. The lowest BCUT2D eigenvalue weighted by molar-refractivity contribution is 0.620. The molecule has 10 aromatic carbocycles. The van der Waals surface area contributed by atoms with Gasteiger partial charge in [0.2, 0.25) is 5.89 Å². The van der Waals surface area contributed by atoms with Gasteiger partial charge < -0.3 is 13.9 Å². The molecule has 0 saturated carbocycles. The quantitative estimate of drug-likeness (QED) is 0.162. The first-order valence-electron chi connectivity index (χ1n) is 20.7. The fourth-order valence-electron chi connectivity index (χ4n) is 9.23. The summed E-state index contributed by atoms with van der Waals surface area (Å²) >= 11 is 0. The van der Waals surface area contributed by atoms with Crippen molar-refractivity contribution in [1.29, 1.82) is 0 Å². The van der Waals surface area contributed by atoms with Crippen molar-refractivity contribution >= 4 is 71.5 Å². The molecule has 0 radical (unpaired) electrons. The lowest BCUT2D eigenvalue weighted by Crippen LogP contribution is -2.11. The smallest absolute Gasteiger partial charge is 0.227 e. The fraction of sp³-hybridized carbons (Fsp3) is 0. The molecular weight excluding hydrogens is 743 g/mol. The van der Waals surface area contributed by atoms with Crippen LogP contribution in [-0.4, -0.2) is 9.55 Å². The minimum atomic E-state index is 0.586. The molecule has 12 aromatic rings. The largest absolute Gasteiger partial charge is 0.434 e. The normalized spacial score (nSPS) is 11.6. The predicted octanol–water partition coefficient (Wildman–Crippen LogP) is 15.7. The van der Waals surface area contributed by atoms with E-state index in [1.807, 2.05) is 6.07 Å². The Morgan fingerprint density at radius 2 is 1.07 bits per heavy atom. The molecule has 12 rings (SSSR count). The van der Waals surface area contributed by atoms with Crippen LogP contribution in [0.4, 0.5) is 17.1 Å². The fourth-order valence-corrected chi connectivity index (χ4v) is 9.23. The second-order valence-corrected chi connectivity index (χ2v) is 15.5. The summed E-state index contributed by atoms with van der Waals surface area (Å²) in [5, 5.41) is 7.07. The molecule has 286 valence electrons. The first kappa shape index (κ1) is 34.8. The number of oxazole rings is 1. The number of benzene rings is 10. The Labute approximate surface area is 352 Å². The maximum absolute atomic E-state index is 6.93. The Hall–Kier alpha value is -8.21. The Balaban J connectivity index is 1.15. The molecule has 4 nitrogen and oxygen atoms in total. The van der Waals surface area contributed by atoms with Gasteiger partial charge in [-0.05, 0) is 99.1 Å². The van der Waals surface area contributed by atoms with Gasteiger partial charge in [0.05, 0.1) is 22.4 Å². The van der Waals surface area contributed by atoms with E-state index < -0.39 is 0 Å². The zero-order valence-corrected chi connectivity index (χ0v) is 33.1. The molecule has 0 aliphatic rings. The number of hydrogen-bond donors (Lipinski definition) is 0. The van der Waals surface area contributed by atoms with Crippen molar-refractivity contribution in [2.75, 3.05) is 4.90 Å². The summed E-state index contributed by atoms with van der Waals surface area (Å²) in [4.78, 5) is 7.50. The third kappa shape index (κ3) is 5.80. The van der Waals surface area contributed by atoms with Crippen LogP contribution >= 0.6 is 0 Å². The zero-order valence-electron chi connectivity index (χ0n) is 33.1. The topological polar surface area (TPSA) is 34.2 Å². The molecule has 0 bridgehead atoms. The van der Waals surface area contributed by atoms with Gasteiger partial charge in [0.25, 0.3) is 0 Å². The summed E-state index contributed by atoms with van der Waals surface area (Å²) in [6, 6.07) is 79.9. The molecule has 0 aliphatic carbocycles. The van der Waals surface area contributed by atoms with E-state index in [0.29, 0.717) is 11.5 Å². The maximum atomic E-state index is 6.93. The highest BCUT2D eigenvalue weighted by Crippen LogP contribution is 2.48. The lowest BCUT2D eigenvalue weighted by Gasteiger charge is -2.28. The van der Waals surface area contributed by atoms with E-state index in [-0.39, 0.29) is 0 Å². The van der Waals surface area contributed by atoms with Gasteiger partial charge >= 0.3 is 0 Å². The number of anilines is 3. The summed E-state index contributed by atoms with van der Waals surface area (Å²) < 4.78 is 9.33. The molecule has 0 unspecified atom stereocenters. The summed E-state index contributed by atoms with van der Waals surface area (Å²) in [6.07, 6.45) is 0. The average Bonchev–Trinajstić information content (AvgIpc) is 3.93. The number of aromatic nitrogens is 2. The third-order valence-corrected chi connectivity index (χ3v) is 12.0. The van der Waals surface area contributed by atoms with Gasteiger partial charge in [-0.15, -0.1) is 0 Å². The highest BCUT2D eigenvalue weighted by molar-refractivity contribution is 6.25. The first-order valence-corrected chi connectivity index (χ1v) is 20.7. The Kier molecular flexibility index (Phi) is 8.13. The zero-order chi connectivity index (χ0) is 40.3. The Bertz CT molecular complexity index is 3600. The molecule has 61 heavy (non-hydrogen) atoms. The van der Waals surface area contributed by atoms with Crippen molar-refractivity contribution in [1.82, 2.24) is 9.55 Å². The summed E-state index contributed by atoms with van der Waals surface area (Å²) in [5.41, 5.74) is 13.4. The molecule has 2 heterocycles. The van der Waals surface area contributed by atoms with Gasteiger partial charge in [-0.25, -0.2) is 4.98 Å². The van der Waals surface area contributed by atoms with E-state index >= 15 is 0 Å². The molecule has 0 atom stereocenters. The van der Waals surface area contributed by atoms with Crippen molar-refractivity contribution in [3.05, 3.63) is 224 Å². The van der Waals surface area contributed by atoms with Crippen molar-refractivity contribution in [2.24, 2.45) is 0 Å².